The number of nitrogens with one attached hydrogen (secondary N) is 1. The molecule has 2 rings (SSSR count). The molecule has 0 atom stereocenters. The van der Waals surface area contributed by atoms with E-state index in [1.807, 2.05) is 0 Å². The van der Waals surface area contributed by atoms with Gasteiger partial charge in [-0.2, -0.15) is 0 Å². The van der Waals surface area contributed by atoms with Gasteiger partial charge in [-0.25, -0.2) is 21.9 Å². The Bertz CT molecular complexity index is 498. The number of sulfonamides is 1. The Kier molecular flexibility index (Phi) is 2.94. The molecule has 0 radical (unpaired) electrons. The Hall–Kier alpha value is -1.01. The molecule has 0 heterocycles. The van der Waals surface area contributed by atoms with Gasteiger partial charge in [0.2, 0.25) is 10.0 Å². The molecular formula is C10H11F2NO2S. The van der Waals surface area contributed by atoms with Crippen molar-refractivity contribution < 1.29 is 17.2 Å². The second-order valence-corrected chi connectivity index (χ2v) is 5.85. The Morgan fingerprint density at radius 1 is 1.31 bits per heavy atom. The third-order valence-corrected chi connectivity index (χ3v) is 4.34. The largest absolute Gasteiger partial charge is 0.214 e. The Labute approximate surface area is 92.5 Å². The Morgan fingerprint density at radius 2 is 2.00 bits per heavy atom. The van der Waals surface area contributed by atoms with Crippen LogP contribution >= 0.6 is 0 Å². The van der Waals surface area contributed by atoms with Crippen LogP contribution in [0, 0.1) is 11.6 Å². The van der Waals surface area contributed by atoms with Crippen molar-refractivity contribution in [2.75, 3.05) is 0 Å². The molecule has 1 saturated carbocycles. The van der Waals surface area contributed by atoms with Gasteiger partial charge in [-0.3, -0.25) is 0 Å². The molecular weight excluding hydrogens is 236 g/mol. The highest BCUT2D eigenvalue weighted by molar-refractivity contribution is 7.90. The van der Waals surface area contributed by atoms with E-state index in [-0.39, 0.29) is 17.4 Å². The maximum atomic E-state index is 13.2. The highest BCUT2D eigenvalue weighted by atomic mass is 32.2. The minimum atomic E-state index is -3.32. The van der Waals surface area contributed by atoms with Gasteiger partial charge in [0.25, 0.3) is 0 Å². The topological polar surface area (TPSA) is 46.2 Å². The molecule has 6 heteroatoms. The SMILES string of the molecule is O=S(=O)(NCc1ccc(F)cc1F)C1CC1. The van der Waals surface area contributed by atoms with E-state index >= 15 is 0 Å². The Balaban J connectivity index is 2.04. The van der Waals surface area contributed by atoms with Gasteiger partial charge in [0.05, 0.1) is 5.25 Å². The molecule has 16 heavy (non-hydrogen) atoms. The van der Waals surface area contributed by atoms with E-state index < -0.39 is 21.7 Å². The first-order chi connectivity index (χ1) is 7.49. The molecule has 1 aliphatic rings. The van der Waals surface area contributed by atoms with Crippen LogP contribution in [-0.4, -0.2) is 13.7 Å². The van der Waals surface area contributed by atoms with Crippen LogP contribution in [0.3, 0.4) is 0 Å². The molecule has 88 valence electrons. The molecule has 0 bridgehead atoms. The number of rotatable bonds is 4. The van der Waals surface area contributed by atoms with E-state index in [9.17, 15) is 17.2 Å². The molecule has 0 amide bonds. The monoisotopic (exact) mass is 247 g/mol. The molecule has 1 fully saturated rings. The number of halogens is 2. The molecule has 0 spiro atoms. The predicted molar refractivity (Wildman–Crippen MR) is 55.1 cm³/mol. The number of benzene rings is 1. The second-order valence-electron chi connectivity index (χ2n) is 3.80. The normalized spacial score (nSPS) is 16.4. The lowest BCUT2D eigenvalue weighted by Crippen LogP contribution is -2.27. The van der Waals surface area contributed by atoms with Crippen molar-refractivity contribution in [1.82, 2.24) is 4.72 Å². The molecule has 1 aliphatic carbocycles. The first-order valence-electron chi connectivity index (χ1n) is 4.91. The van der Waals surface area contributed by atoms with E-state index in [1.54, 1.807) is 0 Å². The summed E-state index contributed by atoms with van der Waals surface area (Å²) in [6.45, 7) is -0.134. The van der Waals surface area contributed by atoms with Gasteiger partial charge in [-0.15, -0.1) is 0 Å². The maximum Gasteiger partial charge on any atom is 0.214 e. The smallest absolute Gasteiger partial charge is 0.212 e. The van der Waals surface area contributed by atoms with Crippen LogP contribution in [0.2, 0.25) is 0 Å². The lowest BCUT2D eigenvalue weighted by molar-refractivity contribution is 0.562. The van der Waals surface area contributed by atoms with Crippen LogP contribution in [-0.2, 0) is 16.6 Å². The fraction of sp³-hybridized carbons (Fsp3) is 0.400. The van der Waals surface area contributed by atoms with Crippen molar-refractivity contribution in [3.63, 3.8) is 0 Å². The van der Waals surface area contributed by atoms with Gasteiger partial charge in [0.15, 0.2) is 0 Å². The summed E-state index contributed by atoms with van der Waals surface area (Å²) in [4.78, 5) is 0. The fourth-order valence-corrected chi connectivity index (χ4v) is 2.69. The third kappa shape index (κ3) is 2.56. The van der Waals surface area contributed by atoms with Crippen molar-refractivity contribution in [3.8, 4) is 0 Å². The summed E-state index contributed by atoms with van der Waals surface area (Å²) in [6, 6.07) is 3.07. The first kappa shape index (κ1) is 11.5. The molecule has 3 nitrogen and oxygen atoms in total. The average molecular weight is 247 g/mol. The summed E-state index contributed by atoms with van der Waals surface area (Å²) >= 11 is 0. The van der Waals surface area contributed by atoms with E-state index in [4.69, 9.17) is 0 Å². The number of hydrogen-bond acceptors (Lipinski definition) is 2. The molecule has 1 aromatic carbocycles. The molecule has 0 aromatic heterocycles. The van der Waals surface area contributed by atoms with Crippen LogP contribution < -0.4 is 4.72 Å². The van der Waals surface area contributed by atoms with E-state index in [1.165, 1.54) is 6.07 Å². The summed E-state index contributed by atoms with van der Waals surface area (Å²) in [5.41, 5.74) is 0.144. The minimum absolute atomic E-state index is 0.134. The molecule has 0 saturated heterocycles. The zero-order chi connectivity index (χ0) is 11.8. The summed E-state index contributed by atoms with van der Waals surface area (Å²) in [7, 11) is -3.32. The van der Waals surface area contributed by atoms with Crippen LogP contribution in [0.1, 0.15) is 18.4 Å². The second kappa shape index (κ2) is 4.10. The van der Waals surface area contributed by atoms with Gasteiger partial charge in [0.1, 0.15) is 11.6 Å². The third-order valence-electron chi connectivity index (χ3n) is 2.44. The molecule has 1 N–H and O–H groups in total. The van der Waals surface area contributed by atoms with Crippen LogP contribution in [0.5, 0.6) is 0 Å². The standard InChI is InChI=1S/C10H11F2NO2S/c11-8-2-1-7(10(12)5-8)6-13-16(14,15)9-3-4-9/h1-2,5,9,13H,3-4,6H2. The predicted octanol–water partition coefficient (Wildman–Crippen LogP) is 1.55. The summed E-state index contributed by atoms with van der Waals surface area (Å²) in [5.74, 6) is -1.41. The van der Waals surface area contributed by atoms with E-state index in [0.29, 0.717) is 12.8 Å². The highest BCUT2D eigenvalue weighted by Crippen LogP contribution is 2.27. The lowest BCUT2D eigenvalue weighted by Gasteiger charge is -2.06. The fourth-order valence-electron chi connectivity index (χ4n) is 1.34. The summed E-state index contributed by atoms with van der Waals surface area (Å²) < 4.78 is 50.9. The first-order valence-corrected chi connectivity index (χ1v) is 6.46. The van der Waals surface area contributed by atoms with Crippen molar-refractivity contribution >= 4 is 10.0 Å². The zero-order valence-corrected chi connectivity index (χ0v) is 9.23. The van der Waals surface area contributed by atoms with E-state index in [0.717, 1.165) is 12.1 Å². The molecule has 0 unspecified atom stereocenters. The lowest BCUT2D eigenvalue weighted by atomic mass is 10.2. The maximum absolute atomic E-state index is 13.2. The van der Waals surface area contributed by atoms with Crippen molar-refractivity contribution in [3.05, 3.63) is 35.4 Å². The van der Waals surface area contributed by atoms with Crippen molar-refractivity contribution in [1.29, 1.82) is 0 Å². The zero-order valence-electron chi connectivity index (χ0n) is 8.41. The van der Waals surface area contributed by atoms with Crippen molar-refractivity contribution in [2.24, 2.45) is 0 Å². The summed E-state index contributed by atoms with van der Waals surface area (Å²) in [5, 5.41) is -0.337. The van der Waals surface area contributed by atoms with Crippen LogP contribution in [0.4, 0.5) is 8.78 Å². The quantitative estimate of drug-likeness (QED) is 0.877. The van der Waals surface area contributed by atoms with Gasteiger partial charge < -0.3 is 0 Å². The van der Waals surface area contributed by atoms with Crippen LogP contribution in [0.15, 0.2) is 18.2 Å². The molecule has 0 aliphatic heterocycles. The summed E-state index contributed by atoms with van der Waals surface area (Å²) in [6.07, 6.45) is 1.31. The molecule has 1 aromatic rings. The average Bonchev–Trinajstić information content (AvgIpc) is 2.99. The van der Waals surface area contributed by atoms with E-state index in [2.05, 4.69) is 4.72 Å². The number of hydrogen-bond donors (Lipinski definition) is 1. The van der Waals surface area contributed by atoms with Crippen LogP contribution in [0.25, 0.3) is 0 Å². The van der Waals surface area contributed by atoms with Gasteiger partial charge in [-0.1, -0.05) is 6.07 Å². The van der Waals surface area contributed by atoms with Gasteiger partial charge in [0, 0.05) is 18.2 Å². The van der Waals surface area contributed by atoms with Gasteiger partial charge in [-0.05, 0) is 18.9 Å². The highest BCUT2D eigenvalue weighted by Gasteiger charge is 2.35. The minimum Gasteiger partial charge on any atom is -0.212 e. The van der Waals surface area contributed by atoms with Crippen molar-refractivity contribution in [2.45, 2.75) is 24.6 Å². The Morgan fingerprint density at radius 3 is 2.56 bits per heavy atom. The van der Waals surface area contributed by atoms with Gasteiger partial charge >= 0.3 is 0 Å².